The number of para-hydroxylation sites is 2. The molecule has 0 bridgehead atoms. The summed E-state index contributed by atoms with van der Waals surface area (Å²) in [5.74, 6) is 0. The Morgan fingerprint density at radius 2 is 1.20 bits per heavy atom. The van der Waals surface area contributed by atoms with E-state index in [2.05, 4.69) is 5.32 Å². The molecule has 0 spiro atoms. The lowest BCUT2D eigenvalue weighted by Gasteiger charge is -2.20. The minimum Gasteiger partial charge on any atom is -0.354 e. The molecule has 5 rings (SSSR count). The maximum atomic E-state index is 14.0. The molecule has 0 aliphatic rings. The number of aromatic nitrogens is 3. The van der Waals surface area contributed by atoms with Crippen LogP contribution in [0.2, 0.25) is 0 Å². The summed E-state index contributed by atoms with van der Waals surface area (Å²) in [6, 6.07) is 25.5. The maximum absolute atomic E-state index is 14.0. The van der Waals surface area contributed by atoms with E-state index < -0.39 is 11.2 Å². The zero-order chi connectivity index (χ0) is 24.7. The highest BCUT2D eigenvalue weighted by molar-refractivity contribution is 5.93. The van der Waals surface area contributed by atoms with Crippen molar-refractivity contribution >= 4 is 22.4 Å². The molecule has 1 N–H and O–H groups in total. The van der Waals surface area contributed by atoms with Crippen molar-refractivity contribution in [2.45, 2.75) is 13.8 Å². The molecule has 35 heavy (non-hydrogen) atoms. The van der Waals surface area contributed by atoms with Crippen LogP contribution in [0.15, 0.2) is 99.3 Å². The van der Waals surface area contributed by atoms with Crippen molar-refractivity contribution in [3.8, 4) is 11.4 Å². The first kappa shape index (κ1) is 22.2. The van der Waals surface area contributed by atoms with Crippen molar-refractivity contribution in [2.24, 2.45) is 7.05 Å². The Morgan fingerprint density at radius 1 is 0.657 bits per heavy atom. The van der Waals surface area contributed by atoms with Crippen molar-refractivity contribution in [2.75, 3.05) is 5.32 Å². The van der Waals surface area contributed by atoms with Gasteiger partial charge in [0.15, 0.2) is 0 Å². The first-order valence-electron chi connectivity index (χ1n) is 11.2. The Morgan fingerprint density at radius 3 is 1.77 bits per heavy atom. The molecule has 0 aliphatic heterocycles. The van der Waals surface area contributed by atoms with E-state index in [0.29, 0.717) is 22.6 Å². The second-order valence-corrected chi connectivity index (χ2v) is 8.48. The lowest BCUT2D eigenvalue weighted by molar-refractivity contribution is 0.780. The summed E-state index contributed by atoms with van der Waals surface area (Å²) in [7, 11) is 1.58. The third-order valence-corrected chi connectivity index (χ3v) is 6.15. The Kier molecular flexibility index (Phi) is 5.45. The fraction of sp³-hybridized carbons (Fsp3) is 0.107. The topological polar surface area (TPSA) is 78.0 Å². The summed E-state index contributed by atoms with van der Waals surface area (Å²) in [6.07, 6.45) is 0. The number of rotatable bonds is 4. The van der Waals surface area contributed by atoms with Crippen LogP contribution in [0.4, 0.5) is 11.4 Å². The summed E-state index contributed by atoms with van der Waals surface area (Å²) >= 11 is 0. The van der Waals surface area contributed by atoms with Crippen LogP contribution >= 0.6 is 0 Å². The largest absolute Gasteiger partial charge is 0.354 e. The van der Waals surface area contributed by atoms with E-state index in [1.165, 1.54) is 9.13 Å². The van der Waals surface area contributed by atoms with E-state index in [1.54, 1.807) is 50.4 Å². The predicted molar refractivity (Wildman–Crippen MR) is 140 cm³/mol. The quantitative estimate of drug-likeness (QED) is 0.432. The highest BCUT2D eigenvalue weighted by atomic mass is 16.2. The molecule has 174 valence electrons. The number of nitrogens with one attached hydrogen (secondary N) is 1. The number of anilines is 2. The Bertz CT molecular complexity index is 1730. The minimum absolute atomic E-state index is 0.226. The van der Waals surface area contributed by atoms with Crippen LogP contribution in [0.5, 0.6) is 0 Å². The first-order valence-corrected chi connectivity index (χ1v) is 11.2. The number of fused-ring (bicyclic) bond motifs is 1. The van der Waals surface area contributed by atoms with Crippen LogP contribution in [0, 0.1) is 13.8 Å². The predicted octanol–water partition coefficient (Wildman–Crippen LogP) is 4.20. The molecule has 7 nitrogen and oxygen atoms in total. The molecule has 0 unspecified atom stereocenters. The first-order chi connectivity index (χ1) is 16.9. The van der Waals surface area contributed by atoms with Gasteiger partial charge in [-0.15, -0.1) is 0 Å². The molecule has 0 saturated carbocycles. The van der Waals surface area contributed by atoms with Gasteiger partial charge in [-0.2, -0.15) is 0 Å². The number of pyridine rings is 1. The highest BCUT2D eigenvalue weighted by Crippen LogP contribution is 2.27. The fourth-order valence-corrected chi connectivity index (χ4v) is 4.33. The molecular weight excluding hydrogens is 440 g/mol. The van der Waals surface area contributed by atoms with Gasteiger partial charge in [-0.3, -0.25) is 14.2 Å². The minimum atomic E-state index is -0.556. The average molecular weight is 465 g/mol. The van der Waals surface area contributed by atoms with Crippen LogP contribution in [-0.2, 0) is 7.05 Å². The van der Waals surface area contributed by atoms with E-state index in [0.717, 1.165) is 15.8 Å². The van der Waals surface area contributed by atoms with Gasteiger partial charge in [-0.05, 0) is 50.2 Å². The molecule has 0 aliphatic carbocycles. The molecule has 2 aromatic heterocycles. The molecule has 2 heterocycles. The molecule has 0 fully saturated rings. The van der Waals surface area contributed by atoms with Crippen molar-refractivity contribution < 1.29 is 0 Å². The molecular formula is C28H24N4O3. The average Bonchev–Trinajstić information content (AvgIpc) is 2.87. The third-order valence-electron chi connectivity index (χ3n) is 6.15. The van der Waals surface area contributed by atoms with Gasteiger partial charge in [0.05, 0.1) is 17.1 Å². The van der Waals surface area contributed by atoms with Gasteiger partial charge in [0.1, 0.15) is 11.0 Å². The van der Waals surface area contributed by atoms with Gasteiger partial charge < -0.3 is 5.32 Å². The number of aryl methyl sites for hydroxylation is 2. The van der Waals surface area contributed by atoms with Gasteiger partial charge in [-0.1, -0.05) is 54.1 Å². The van der Waals surface area contributed by atoms with Gasteiger partial charge in [0, 0.05) is 18.3 Å². The number of hydrogen-bond donors (Lipinski definition) is 1. The zero-order valence-corrected chi connectivity index (χ0v) is 19.6. The lowest BCUT2D eigenvalue weighted by atomic mass is 10.1. The number of hydrogen-bond acceptors (Lipinski definition) is 4. The SMILES string of the molecule is Cc1ccc(Nc2c(C)c(=O)n(C)c3c2c(=O)n(-c2ccccc2)c(=O)n3-c2ccccc2)cc1. The number of nitrogens with zero attached hydrogens (tertiary/aromatic N) is 3. The number of benzene rings is 3. The Hall–Kier alpha value is -4.65. The second-order valence-electron chi connectivity index (χ2n) is 8.48. The van der Waals surface area contributed by atoms with Gasteiger partial charge in [0.25, 0.3) is 11.1 Å². The van der Waals surface area contributed by atoms with E-state index in [1.807, 2.05) is 55.5 Å². The van der Waals surface area contributed by atoms with Crippen molar-refractivity contribution in [3.63, 3.8) is 0 Å². The van der Waals surface area contributed by atoms with Crippen LogP contribution in [0.25, 0.3) is 22.4 Å². The van der Waals surface area contributed by atoms with E-state index >= 15 is 0 Å². The fourth-order valence-electron chi connectivity index (χ4n) is 4.33. The zero-order valence-electron chi connectivity index (χ0n) is 19.6. The van der Waals surface area contributed by atoms with E-state index in [-0.39, 0.29) is 16.6 Å². The van der Waals surface area contributed by atoms with E-state index in [9.17, 15) is 14.4 Å². The summed E-state index contributed by atoms with van der Waals surface area (Å²) in [5, 5.41) is 3.53. The Balaban J connectivity index is 1.99. The molecule has 5 aromatic rings. The van der Waals surface area contributed by atoms with Gasteiger partial charge in [-0.25, -0.2) is 13.9 Å². The highest BCUT2D eigenvalue weighted by Gasteiger charge is 2.23. The monoisotopic (exact) mass is 464 g/mol. The van der Waals surface area contributed by atoms with Crippen LogP contribution in [0.1, 0.15) is 11.1 Å². The molecule has 7 heteroatoms. The maximum Gasteiger partial charge on any atom is 0.341 e. The normalized spacial score (nSPS) is 11.1. The molecule has 3 aromatic carbocycles. The Labute approximate surface area is 201 Å². The van der Waals surface area contributed by atoms with Crippen LogP contribution in [0.3, 0.4) is 0 Å². The van der Waals surface area contributed by atoms with Crippen LogP contribution in [-0.4, -0.2) is 13.7 Å². The molecule has 0 amide bonds. The van der Waals surface area contributed by atoms with Crippen molar-refractivity contribution in [1.82, 2.24) is 13.7 Å². The summed E-state index contributed by atoms with van der Waals surface area (Å²) in [4.78, 5) is 41.2. The molecule has 0 atom stereocenters. The van der Waals surface area contributed by atoms with Crippen LogP contribution < -0.4 is 22.1 Å². The van der Waals surface area contributed by atoms with Crippen molar-refractivity contribution in [1.29, 1.82) is 0 Å². The smallest absolute Gasteiger partial charge is 0.341 e. The van der Waals surface area contributed by atoms with Gasteiger partial charge in [0.2, 0.25) is 0 Å². The molecule has 0 saturated heterocycles. The second kappa shape index (κ2) is 8.61. The molecule has 0 radical (unpaired) electrons. The summed E-state index contributed by atoms with van der Waals surface area (Å²) < 4.78 is 3.95. The standard InChI is InChI=1S/C28H24N4O3/c1-18-14-16-20(17-15-18)29-24-19(2)26(33)30(3)25-23(24)27(34)32(22-12-8-5-9-13-22)28(35)31(25)21-10-6-4-7-11-21/h4-17,29H,1-3H3. The third kappa shape index (κ3) is 3.67. The van der Waals surface area contributed by atoms with Gasteiger partial charge >= 0.3 is 5.69 Å². The lowest BCUT2D eigenvalue weighted by Crippen LogP contribution is -2.41. The summed E-state index contributed by atoms with van der Waals surface area (Å²) in [6.45, 7) is 3.67. The summed E-state index contributed by atoms with van der Waals surface area (Å²) in [5.41, 5.74) is 2.45. The van der Waals surface area contributed by atoms with E-state index in [4.69, 9.17) is 0 Å². The van der Waals surface area contributed by atoms with Crippen molar-refractivity contribution in [3.05, 3.63) is 127 Å².